The van der Waals surface area contributed by atoms with E-state index >= 15 is 0 Å². The largest absolute Gasteiger partial charge is 0.504 e. The van der Waals surface area contributed by atoms with Gasteiger partial charge in [0.2, 0.25) is 0 Å². The van der Waals surface area contributed by atoms with Crippen molar-refractivity contribution in [3.05, 3.63) is 118 Å². The molecular formula is C28H20FIN2O3S. The summed E-state index contributed by atoms with van der Waals surface area (Å²) in [4.78, 5) is 19.4. The van der Waals surface area contributed by atoms with Crippen LogP contribution in [0.2, 0.25) is 0 Å². The van der Waals surface area contributed by atoms with Gasteiger partial charge in [0.25, 0.3) is 5.56 Å². The number of thiazole rings is 1. The Morgan fingerprint density at radius 2 is 2.00 bits per heavy atom. The Kier molecular flexibility index (Phi) is 5.80. The summed E-state index contributed by atoms with van der Waals surface area (Å²) >= 11 is 3.34. The van der Waals surface area contributed by atoms with Crippen LogP contribution in [-0.2, 0) is 6.42 Å². The second kappa shape index (κ2) is 9.01. The molecule has 36 heavy (non-hydrogen) atoms. The lowest BCUT2D eigenvalue weighted by Gasteiger charge is -2.30. The highest BCUT2D eigenvalue weighted by Gasteiger charge is 2.32. The number of allylic oxidation sites excluding steroid dienone is 1. The summed E-state index contributed by atoms with van der Waals surface area (Å²) in [6.07, 6.45) is 3.37. The molecule has 0 saturated heterocycles. The number of benzene rings is 3. The first-order valence-corrected chi connectivity index (χ1v) is 13.3. The number of phenolic OH excluding ortho intramolecular Hbond substituents is 1. The van der Waals surface area contributed by atoms with E-state index < -0.39 is 6.04 Å². The van der Waals surface area contributed by atoms with Gasteiger partial charge >= 0.3 is 0 Å². The minimum absolute atomic E-state index is 0.0640. The number of rotatable bonds is 3. The molecule has 1 N–H and O–H groups in total. The minimum atomic E-state index is -0.433. The molecule has 0 fully saturated rings. The Labute approximate surface area is 223 Å². The van der Waals surface area contributed by atoms with Crippen molar-refractivity contribution in [1.29, 1.82) is 0 Å². The van der Waals surface area contributed by atoms with E-state index in [-0.39, 0.29) is 17.1 Å². The maximum Gasteiger partial charge on any atom is 0.271 e. The van der Waals surface area contributed by atoms with Gasteiger partial charge < -0.3 is 9.84 Å². The Morgan fingerprint density at radius 3 is 2.81 bits per heavy atom. The molecular weight excluding hydrogens is 590 g/mol. The van der Waals surface area contributed by atoms with Gasteiger partial charge in [-0.3, -0.25) is 9.36 Å². The van der Waals surface area contributed by atoms with Crippen molar-refractivity contribution in [1.82, 2.24) is 4.57 Å². The molecule has 8 heteroatoms. The van der Waals surface area contributed by atoms with Crippen LogP contribution in [0.1, 0.15) is 34.7 Å². The standard InChI is InChI=1S/C28H20FIN2O3S/c1-35-22-12-15(11-21(30)26(22)33)13-23-27(34)32-25(17-6-4-7-18(29)14-17)20-10-9-16-5-2-3-8-19(16)24(20)31-28(32)36-23/h2-8,11-14,25,33H,9-10H2,1H3/b23-13+/t25-/m1/s1. The molecule has 180 valence electrons. The number of ether oxygens (including phenoxy) is 1. The summed E-state index contributed by atoms with van der Waals surface area (Å²) in [5.41, 5.74) is 5.47. The lowest BCUT2D eigenvalue weighted by Crippen LogP contribution is -2.38. The fourth-order valence-electron chi connectivity index (χ4n) is 4.98. The van der Waals surface area contributed by atoms with Crippen LogP contribution in [0.4, 0.5) is 4.39 Å². The number of aryl methyl sites for hydroxylation is 1. The number of fused-ring (bicyclic) bond motifs is 3. The lowest BCUT2D eigenvalue weighted by atomic mass is 9.83. The summed E-state index contributed by atoms with van der Waals surface area (Å²) in [5.74, 6) is 0.0653. The van der Waals surface area contributed by atoms with Crippen LogP contribution in [0.3, 0.4) is 0 Å². The normalized spacial score (nSPS) is 16.8. The average molecular weight is 610 g/mol. The van der Waals surface area contributed by atoms with Crippen LogP contribution in [0.25, 0.3) is 11.8 Å². The molecule has 0 radical (unpaired) electrons. The fraction of sp³-hybridized carbons (Fsp3) is 0.143. The molecule has 1 aromatic heterocycles. The van der Waals surface area contributed by atoms with Gasteiger partial charge in [-0.1, -0.05) is 47.7 Å². The molecule has 2 aliphatic rings. The molecule has 6 rings (SSSR count). The zero-order valence-electron chi connectivity index (χ0n) is 19.2. The van der Waals surface area contributed by atoms with E-state index in [0.717, 1.165) is 40.8 Å². The third kappa shape index (κ3) is 3.79. The number of aromatic nitrogens is 1. The highest BCUT2D eigenvalue weighted by molar-refractivity contribution is 14.1. The van der Waals surface area contributed by atoms with Crippen molar-refractivity contribution in [2.75, 3.05) is 7.11 Å². The molecule has 0 spiro atoms. The Morgan fingerprint density at radius 1 is 1.17 bits per heavy atom. The van der Waals surface area contributed by atoms with Crippen molar-refractivity contribution in [2.24, 2.45) is 4.99 Å². The van der Waals surface area contributed by atoms with Gasteiger partial charge in [-0.2, -0.15) is 0 Å². The number of hydrogen-bond acceptors (Lipinski definition) is 5. The fourth-order valence-corrected chi connectivity index (χ4v) is 6.61. The number of hydrogen-bond donors (Lipinski definition) is 1. The molecule has 3 aromatic carbocycles. The summed E-state index contributed by atoms with van der Waals surface area (Å²) < 4.78 is 22.4. The number of methoxy groups -OCH3 is 1. The van der Waals surface area contributed by atoms with Crippen LogP contribution in [0.15, 0.2) is 76.0 Å². The van der Waals surface area contributed by atoms with Gasteiger partial charge in [0.1, 0.15) is 5.82 Å². The zero-order valence-corrected chi connectivity index (χ0v) is 22.1. The quantitative estimate of drug-likeness (QED) is 0.340. The monoisotopic (exact) mass is 610 g/mol. The topological polar surface area (TPSA) is 63.8 Å². The first-order valence-electron chi connectivity index (χ1n) is 11.4. The SMILES string of the molecule is COc1cc(/C=c2/sc3n(c2=O)[C@H](c2cccc(F)c2)C2=C(N=3)c3ccccc3CC2)cc(I)c1O. The van der Waals surface area contributed by atoms with Gasteiger partial charge in [-0.15, -0.1) is 0 Å². The maximum absolute atomic E-state index is 14.3. The van der Waals surface area contributed by atoms with Crippen molar-refractivity contribution in [3.8, 4) is 11.5 Å². The van der Waals surface area contributed by atoms with Crippen LogP contribution < -0.4 is 19.6 Å². The van der Waals surface area contributed by atoms with Crippen molar-refractivity contribution in [2.45, 2.75) is 18.9 Å². The molecule has 0 unspecified atom stereocenters. The number of phenols is 1. The summed E-state index contributed by atoms with van der Waals surface area (Å²) in [6.45, 7) is 0. The minimum Gasteiger partial charge on any atom is -0.504 e. The Balaban J connectivity index is 1.61. The van der Waals surface area contributed by atoms with E-state index in [1.807, 2.05) is 40.8 Å². The van der Waals surface area contributed by atoms with E-state index in [4.69, 9.17) is 9.73 Å². The maximum atomic E-state index is 14.3. The Bertz CT molecular complexity index is 1760. The van der Waals surface area contributed by atoms with E-state index in [9.17, 15) is 14.3 Å². The van der Waals surface area contributed by atoms with Crippen molar-refractivity contribution < 1.29 is 14.2 Å². The molecule has 4 aromatic rings. The Hall–Kier alpha value is -3.24. The van der Waals surface area contributed by atoms with Gasteiger partial charge in [-0.05, 0) is 88.0 Å². The van der Waals surface area contributed by atoms with E-state index in [2.05, 4.69) is 12.1 Å². The van der Waals surface area contributed by atoms with Crippen LogP contribution >= 0.6 is 33.9 Å². The molecule has 0 amide bonds. The van der Waals surface area contributed by atoms with Crippen molar-refractivity contribution in [3.63, 3.8) is 0 Å². The third-order valence-electron chi connectivity index (χ3n) is 6.61. The van der Waals surface area contributed by atoms with E-state index in [1.54, 1.807) is 28.8 Å². The smallest absolute Gasteiger partial charge is 0.271 e. The van der Waals surface area contributed by atoms with Gasteiger partial charge in [0.15, 0.2) is 16.3 Å². The highest BCUT2D eigenvalue weighted by atomic mass is 127. The molecule has 0 bridgehead atoms. The van der Waals surface area contributed by atoms with Crippen LogP contribution in [0.5, 0.6) is 11.5 Å². The van der Waals surface area contributed by atoms with Crippen LogP contribution in [-0.4, -0.2) is 16.8 Å². The molecule has 1 atom stereocenters. The predicted octanol–water partition coefficient (Wildman–Crippen LogP) is 4.78. The van der Waals surface area contributed by atoms with Crippen LogP contribution in [0, 0.1) is 9.39 Å². The summed E-state index contributed by atoms with van der Waals surface area (Å²) in [7, 11) is 1.49. The number of aromatic hydroxyl groups is 1. The molecule has 5 nitrogen and oxygen atoms in total. The second-order valence-electron chi connectivity index (χ2n) is 8.72. The number of nitrogens with zero attached hydrogens (tertiary/aromatic N) is 2. The first kappa shape index (κ1) is 23.2. The van der Waals surface area contributed by atoms with Gasteiger partial charge in [0.05, 0.1) is 27.0 Å². The summed E-state index contributed by atoms with van der Waals surface area (Å²) in [6, 6.07) is 17.7. The predicted molar refractivity (Wildman–Crippen MR) is 147 cm³/mol. The molecule has 1 aliphatic heterocycles. The highest BCUT2D eigenvalue weighted by Crippen LogP contribution is 2.41. The molecule has 2 heterocycles. The van der Waals surface area contributed by atoms with Crippen molar-refractivity contribution >= 4 is 45.7 Å². The molecule has 0 saturated carbocycles. The zero-order chi connectivity index (χ0) is 25.0. The third-order valence-corrected chi connectivity index (χ3v) is 8.41. The number of halogens is 2. The van der Waals surface area contributed by atoms with E-state index in [1.165, 1.54) is 36.1 Å². The van der Waals surface area contributed by atoms with Gasteiger partial charge in [-0.25, -0.2) is 9.38 Å². The second-order valence-corrected chi connectivity index (χ2v) is 10.9. The average Bonchev–Trinajstić information content (AvgIpc) is 3.19. The lowest BCUT2D eigenvalue weighted by molar-refractivity contribution is 0.371. The van der Waals surface area contributed by atoms with Gasteiger partial charge in [0, 0.05) is 5.56 Å². The van der Waals surface area contributed by atoms with E-state index in [0.29, 0.717) is 18.7 Å². The molecule has 1 aliphatic carbocycles. The first-order chi connectivity index (χ1) is 17.4. The summed E-state index contributed by atoms with van der Waals surface area (Å²) in [5, 5.41) is 10.2.